The summed E-state index contributed by atoms with van der Waals surface area (Å²) in [5.74, 6) is 0.145. The van der Waals surface area contributed by atoms with E-state index < -0.39 is 0 Å². The Labute approximate surface area is 116 Å². The van der Waals surface area contributed by atoms with Gasteiger partial charge in [-0.15, -0.1) is 0 Å². The third-order valence-electron chi connectivity index (χ3n) is 1.89. The summed E-state index contributed by atoms with van der Waals surface area (Å²) in [6, 6.07) is 5.80. The molecule has 14 heavy (non-hydrogen) atoms. The van der Waals surface area contributed by atoms with Gasteiger partial charge in [-0.05, 0) is 25.0 Å². The predicted molar refractivity (Wildman–Crippen MR) is 46.9 cm³/mol. The Morgan fingerprint density at radius 2 is 1.71 bits per heavy atom. The molecule has 0 fully saturated rings. The maximum absolute atomic E-state index is 7.25. The van der Waals surface area contributed by atoms with E-state index in [1.54, 1.807) is 0 Å². The van der Waals surface area contributed by atoms with Crippen molar-refractivity contribution in [2.75, 3.05) is 0 Å². The molecule has 0 heterocycles. The monoisotopic (exact) mass is 398 g/mol. The largest absolute Gasteiger partial charge is 1.00 e. The van der Waals surface area contributed by atoms with Crippen LogP contribution in [0.4, 0.5) is 0 Å². The van der Waals surface area contributed by atoms with E-state index in [1.807, 2.05) is 32.0 Å². The minimum atomic E-state index is 0. The molecule has 78 valence electrons. The Morgan fingerprint density at radius 3 is 2.07 bits per heavy atom. The number of aryl methyl sites for hydroxylation is 1. The molecule has 0 unspecified atom stereocenters. The average molecular weight is 398 g/mol. The molecule has 2 nitrogen and oxygen atoms in total. The van der Waals surface area contributed by atoms with Crippen LogP contribution in [0.25, 0.3) is 0 Å². The average Bonchev–Trinajstić information content (AvgIpc) is 1.94. The van der Waals surface area contributed by atoms with E-state index in [4.69, 9.17) is 11.1 Å². The molecule has 0 amide bonds. The van der Waals surface area contributed by atoms with Crippen molar-refractivity contribution in [3.05, 3.63) is 34.9 Å². The number of nitrogen functional groups attached to an aromatic ring is 1. The van der Waals surface area contributed by atoms with Crippen molar-refractivity contribution in [1.82, 2.24) is 0 Å². The van der Waals surface area contributed by atoms with Gasteiger partial charge >= 0.3 is 0 Å². The zero-order valence-electron chi connectivity index (χ0n) is 8.07. The first-order valence-electron chi connectivity index (χ1n) is 3.53. The zero-order chi connectivity index (χ0) is 8.43. The van der Waals surface area contributed by atoms with Crippen LogP contribution in [0.2, 0.25) is 0 Å². The molecule has 1 rings (SSSR count). The molecule has 3 N–H and O–H groups in total. The Hall–Kier alpha value is 0.140. The fourth-order valence-electron chi connectivity index (χ4n) is 1.04. The quantitative estimate of drug-likeness (QED) is 0.281. The second-order valence-electron chi connectivity index (χ2n) is 2.66. The summed E-state index contributed by atoms with van der Waals surface area (Å²) in [5, 5.41) is 7.25. The SMILES string of the molecule is Cc1cccc(C(=N)N)c1C.[Cl-].[Cl-].[Hf]. The third kappa shape index (κ3) is 4.58. The first kappa shape index (κ1) is 19.7. The van der Waals surface area contributed by atoms with Crippen LogP contribution >= 0.6 is 0 Å². The van der Waals surface area contributed by atoms with Crippen LogP contribution in [0, 0.1) is 19.3 Å². The van der Waals surface area contributed by atoms with Crippen LogP contribution in [0.15, 0.2) is 18.2 Å². The maximum Gasteiger partial charge on any atom is 0.123 e. The molecule has 1 aromatic rings. The van der Waals surface area contributed by atoms with Crippen molar-refractivity contribution >= 4 is 5.84 Å². The molecule has 0 atom stereocenters. The van der Waals surface area contributed by atoms with Crippen LogP contribution in [-0.4, -0.2) is 5.84 Å². The summed E-state index contributed by atoms with van der Waals surface area (Å²) < 4.78 is 0. The van der Waals surface area contributed by atoms with E-state index in [1.165, 1.54) is 5.56 Å². The van der Waals surface area contributed by atoms with Crippen molar-refractivity contribution in [1.29, 1.82) is 5.41 Å². The van der Waals surface area contributed by atoms with Crippen molar-refractivity contribution in [2.24, 2.45) is 5.73 Å². The molecule has 0 aliphatic carbocycles. The summed E-state index contributed by atoms with van der Waals surface area (Å²) in [5.41, 5.74) is 8.48. The minimum Gasteiger partial charge on any atom is -1.00 e. The van der Waals surface area contributed by atoms with Crippen molar-refractivity contribution in [3.63, 3.8) is 0 Å². The van der Waals surface area contributed by atoms with Crippen molar-refractivity contribution in [2.45, 2.75) is 13.8 Å². The fourth-order valence-corrected chi connectivity index (χ4v) is 1.04. The normalized spacial score (nSPS) is 7.57. The van der Waals surface area contributed by atoms with E-state index in [0.717, 1.165) is 11.1 Å². The van der Waals surface area contributed by atoms with Crippen LogP contribution in [0.5, 0.6) is 0 Å². The van der Waals surface area contributed by atoms with Gasteiger partial charge in [-0.2, -0.15) is 0 Å². The number of halogens is 2. The Bertz CT molecular complexity index is 303. The maximum atomic E-state index is 7.25. The van der Waals surface area contributed by atoms with E-state index in [2.05, 4.69) is 0 Å². The molecule has 0 saturated heterocycles. The Morgan fingerprint density at radius 1 is 1.21 bits per heavy atom. The third-order valence-corrected chi connectivity index (χ3v) is 1.89. The van der Waals surface area contributed by atoms with Gasteiger partial charge in [0.15, 0.2) is 0 Å². The van der Waals surface area contributed by atoms with Crippen molar-refractivity contribution in [3.8, 4) is 0 Å². The minimum absolute atomic E-state index is 0. The zero-order valence-corrected chi connectivity index (χ0v) is 13.2. The van der Waals surface area contributed by atoms with E-state index in [9.17, 15) is 0 Å². The van der Waals surface area contributed by atoms with Crippen molar-refractivity contribution < 1.29 is 50.7 Å². The first-order valence-corrected chi connectivity index (χ1v) is 3.53. The van der Waals surface area contributed by atoms with E-state index >= 15 is 0 Å². The molecule has 0 radical (unpaired) electrons. The van der Waals surface area contributed by atoms with Gasteiger partial charge in [0.2, 0.25) is 0 Å². The topological polar surface area (TPSA) is 49.9 Å². The summed E-state index contributed by atoms with van der Waals surface area (Å²) in [4.78, 5) is 0. The fraction of sp³-hybridized carbons (Fsp3) is 0.222. The second-order valence-corrected chi connectivity index (χ2v) is 2.66. The van der Waals surface area contributed by atoms with Crippen LogP contribution < -0.4 is 30.5 Å². The summed E-state index contributed by atoms with van der Waals surface area (Å²) in [6.07, 6.45) is 0. The molecule has 5 heteroatoms. The standard InChI is InChI=1S/C9H12N2.2ClH.Hf/c1-6-4-3-5-8(7(6)2)9(10)11;;;/h3-5H,1-2H3,(H3,10,11);2*1H;/p-2. The van der Waals surface area contributed by atoms with Gasteiger partial charge in [-0.1, -0.05) is 18.2 Å². The number of benzene rings is 1. The summed E-state index contributed by atoms with van der Waals surface area (Å²) in [6.45, 7) is 3.99. The predicted octanol–water partition coefficient (Wildman–Crippen LogP) is -4.41. The van der Waals surface area contributed by atoms with Crippen LogP contribution in [-0.2, 0) is 25.8 Å². The molecular formula is C9H12Cl2HfN2-2. The smallest absolute Gasteiger partial charge is 0.123 e. The Balaban J connectivity index is -0.000000403. The molecular weight excluding hydrogens is 386 g/mol. The van der Waals surface area contributed by atoms with Gasteiger partial charge in [-0.3, -0.25) is 5.41 Å². The number of hydrogen-bond donors (Lipinski definition) is 2. The molecule has 0 aliphatic heterocycles. The summed E-state index contributed by atoms with van der Waals surface area (Å²) in [7, 11) is 0. The molecule has 0 saturated carbocycles. The molecule has 1 aromatic carbocycles. The number of hydrogen-bond acceptors (Lipinski definition) is 1. The molecule has 0 aromatic heterocycles. The van der Waals surface area contributed by atoms with Gasteiger partial charge in [0.25, 0.3) is 0 Å². The van der Waals surface area contributed by atoms with Gasteiger partial charge < -0.3 is 30.5 Å². The number of nitrogens with two attached hydrogens (primary N) is 1. The second kappa shape index (κ2) is 8.45. The summed E-state index contributed by atoms with van der Waals surface area (Å²) >= 11 is 0. The Kier molecular flexibility index (Phi) is 11.9. The van der Waals surface area contributed by atoms with Gasteiger partial charge in [0.1, 0.15) is 5.84 Å². The van der Waals surface area contributed by atoms with Gasteiger partial charge in [0.05, 0.1) is 0 Å². The number of amidine groups is 1. The van der Waals surface area contributed by atoms with E-state index in [-0.39, 0.29) is 56.5 Å². The van der Waals surface area contributed by atoms with Crippen LogP contribution in [0.3, 0.4) is 0 Å². The first-order chi connectivity index (χ1) is 5.13. The molecule has 0 bridgehead atoms. The molecule has 0 spiro atoms. The van der Waals surface area contributed by atoms with Gasteiger partial charge in [0, 0.05) is 31.4 Å². The van der Waals surface area contributed by atoms with Crippen LogP contribution in [0.1, 0.15) is 16.7 Å². The molecule has 0 aliphatic rings. The number of nitrogens with one attached hydrogen (secondary N) is 1. The van der Waals surface area contributed by atoms with E-state index in [0.29, 0.717) is 0 Å². The van der Waals surface area contributed by atoms with Gasteiger partial charge in [-0.25, -0.2) is 0 Å². The number of rotatable bonds is 1.